The zero-order valence-corrected chi connectivity index (χ0v) is 22.2. The van der Waals surface area contributed by atoms with Crippen molar-refractivity contribution in [3.05, 3.63) is 150 Å². The summed E-state index contributed by atoms with van der Waals surface area (Å²) in [6, 6.07) is 46.0. The predicted molar refractivity (Wildman–Crippen MR) is 160 cm³/mol. The molecule has 5 aromatic carbocycles. The Bertz CT molecular complexity index is 1590. The molecule has 4 nitrogen and oxygen atoms in total. The Kier molecular flexibility index (Phi) is 6.37. The lowest BCUT2D eigenvalue weighted by molar-refractivity contribution is 0.242. The first kappa shape index (κ1) is 24.5. The quantitative estimate of drug-likeness (QED) is 0.176. The van der Waals surface area contributed by atoms with Crippen LogP contribution < -0.4 is 10.5 Å². The summed E-state index contributed by atoms with van der Waals surface area (Å²) in [5.74, 6) is 0.837. The molecule has 1 heterocycles. The molecule has 0 atom stereocenters. The van der Waals surface area contributed by atoms with Gasteiger partial charge in [0, 0.05) is 16.6 Å². The number of fused-ring (bicyclic) bond motifs is 1. The molecule has 0 saturated carbocycles. The van der Waals surface area contributed by atoms with Gasteiger partial charge in [-0.25, -0.2) is 4.68 Å². The van der Waals surface area contributed by atoms with Crippen LogP contribution in [-0.4, -0.2) is 15.9 Å². The lowest BCUT2D eigenvalue weighted by Crippen LogP contribution is -2.38. The van der Waals surface area contributed by atoms with Crippen LogP contribution in [0.3, 0.4) is 0 Å². The van der Waals surface area contributed by atoms with Gasteiger partial charge in [-0.05, 0) is 73.0 Å². The van der Waals surface area contributed by atoms with Crippen LogP contribution in [0, 0.1) is 0 Å². The minimum Gasteiger partial charge on any atom is -0.491 e. The van der Waals surface area contributed by atoms with Gasteiger partial charge in [0.15, 0.2) is 0 Å². The first-order valence-corrected chi connectivity index (χ1v) is 13.3. The highest BCUT2D eigenvalue weighted by Gasteiger charge is 2.40. The van der Waals surface area contributed by atoms with E-state index in [0.29, 0.717) is 5.69 Å². The molecule has 0 fully saturated rings. The van der Waals surface area contributed by atoms with E-state index in [-0.39, 0.29) is 6.10 Å². The fraction of sp³-hybridized carbons (Fsp3) is 0.114. The second-order valence-corrected chi connectivity index (χ2v) is 10.0. The zero-order valence-electron chi connectivity index (χ0n) is 22.2. The second kappa shape index (κ2) is 10.1. The Labute approximate surface area is 229 Å². The van der Waals surface area contributed by atoms with Crippen molar-refractivity contribution in [3.63, 3.8) is 0 Å². The summed E-state index contributed by atoms with van der Waals surface area (Å²) < 4.78 is 8.08. The van der Waals surface area contributed by atoms with Crippen LogP contribution in [0.2, 0.25) is 0 Å². The van der Waals surface area contributed by atoms with Gasteiger partial charge < -0.3 is 10.5 Å². The summed E-state index contributed by atoms with van der Waals surface area (Å²) in [5, 5.41) is 6.41. The van der Waals surface area contributed by atoms with Crippen molar-refractivity contribution < 1.29 is 4.74 Å². The third kappa shape index (κ3) is 4.34. The fourth-order valence-corrected chi connectivity index (χ4v) is 5.47. The van der Waals surface area contributed by atoms with E-state index >= 15 is 0 Å². The van der Waals surface area contributed by atoms with Gasteiger partial charge in [0.05, 0.1) is 11.6 Å². The second-order valence-electron chi connectivity index (χ2n) is 10.0. The van der Waals surface area contributed by atoms with Gasteiger partial charge >= 0.3 is 0 Å². The smallest absolute Gasteiger partial charge is 0.138 e. The Morgan fingerprint density at radius 3 is 1.67 bits per heavy atom. The molecule has 6 aromatic rings. The van der Waals surface area contributed by atoms with Gasteiger partial charge in [-0.15, -0.1) is 0 Å². The number of benzene rings is 5. The largest absolute Gasteiger partial charge is 0.491 e. The van der Waals surface area contributed by atoms with Crippen LogP contribution in [0.1, 0.15) is 30.5 Å². The number of anilines is 1. The molecule has 0 radical (unpaired) electrons. The molecule has 0 saturated heterocycles. The minimum atomic E-state index is -0.725. The maximum absolute atomic E-state index is 6.34. The SMILES string of the molecule is CC(C)Oc1ccc(-c2nn(C(c3ccccc3)(c3ccccc3)c3ccccc3)c3ccc(N)cc23)cc1. The van der Waals surface area contributed by atoms with Crippen molar-refractivity contribution in [1.29, 1.82) is 0 Å². The summed E-state index contributed by atoms with van der Waals surface area (Å²) in [5.41, 5.74) is 12.6. The highest BCUT2D eigenvalue weighted by molar-refractivity contribution is 5.96. The van der Waals surface area contributed by atoms with Gasteiger partial charge in [-0.2, -0.15) is 5.10 Å². The number of aromatic nitrogens is 2. The lowest BCUT2D eigenvalue weighted by atomic mass is 9.77. The number of hydrogen-bond donors (Lipinski definition) is 1. The van der Waals surface area contributed by atoms with Crippen LogP contribution in [0.4, 0.5) is 5.69 Å². The summed E-state index contributed by atoms with van der Waals surface area (Å²) >= 11 is 0. The molecule has 0 aliphatic carbocycles. The van der Waals surface area contributed by atoms with Crippen LogP contribution in [-0.2, 0) is 5.54 Å². The molecule has 4 heteroatoms. The number of nitrogens with two attached hydrogens (primary N) is 1. The van der Waals surface area contributed by atoms with Crippen LogP contribution >= 0.6 is 0 Å². The Hall–Kier alpha value is -4.83. The maximum Gasteiger partial charge on any atom is 0.138 e. The predicted octanol–water partition coefficient (Wildman–Crippen LogP) is 7.91. The monoisotopic (exact) mass is 509 g/mol. The highest BCUT2D eigenvalue weighted by Crippen LogP contribution is 2.44. The lowest BCUT2D eigenvalue weighted by Gasteiger charge is -2.37. The number of rotatable bonds is 7. The summed E-state index contributed by atoms with van der Waals surface area (Å²) in [6.45, 7) is 4.06. The molecule has 0 amide bonds. The maximum atomic E-state index is 6.34. The van der Waals surface area contributed by atoms with Gasteiger partial charge in [0.25, 0.3) is 0 Å². The van der Waals surface area contributed by atoms with Gasteiger partial charge in [0.1, 0.15) is 17.0 Å². The van der Waals surface area contributed by atoms with Gasteiger partial charge in [-0.3, -0.25) is 0 Å². The Balaban J connectivity index is 1.70. The molecule has 0 unspecified atom stereocenters. The Morgan fingerprint density at radius 2 is 1.18 bits per heavy atom. The first-order chi connectivity index (χ1) is 19.1. The van der Waals surface area contributed by atoms with E-state index in [2.05, 4.69) is 114 Å². The van der Waals surface area contributed by atoms with Crippen molar-refractivity contribution in [3.8, 4) is 17.0 Å². The van der Waals surface area contributed by atoms with E-state index in [4.69, 9.17) is 15.6 Å². The number of nitrogen functional groups attached to an aromatic ring is 1. The topological polar surface area (TPSA) is 53.1 Å². The van der Waals surface area contributed by atoms with Crippen LogP contribution in [0.5, 0.6) is 5.75 Å². The number of ether oxygens (including phenoxy) is 1. The van der Waals surface area contributed by atoms with E-state index in [1.54, 1.807) is 0 Å². The molecular weight excluding hydrogens is 478 g/mol. The molecule has 192 valence electrons. The third-order valence-corrected chi connectivity index (χ3v) is 7.10. The third-order valence-electron chi connectivity index (χ3n) is 7.10. The highest BCUT2D eigenvalue weighted by atomic mass is 16.5. The van der Waals surface area contributed by atoms with E-state index in [0.717, 1.165) is 44.6 Å². The molecule has 6 rings (SSSR count). The molecule has 0 aliphatic heterocycles. The van der Waals surface area contributed by atoms with E-state index in [1.165, 1.54) is 0 Å². The summed E-state index contributed by atoms with van der Waals surface area (Å²) in [6.07, 6.45) is 0.110. The normalized spacial score (nSPS) is 11.7. The van der Waals surface area contributed by atoms with Crippen molar-refractivity contribution in [2.24, 2.45) is 0 Å². The van der Waals surface area contributed by atoms with Crippen molar-refractivity contribution in [1.82, 2.24) is 9.78 Å². The molecule has 2 N–H and O–H groups in total. The van der Waals surface area contributed by atoms with Crippen LogP contribution in [0.15, 0.2) is 133 Å². The molecule has 0 aliphatic rings. The first-order valence-electron chi connectivity index (χ1n) is 13.3. The summed E-state index contributed by atoms with van der Waals surface area (Å²) in [7, 11) is 0. The number of nitrogens with zero attached hydrogens (tertiary/aromatic N) is 2. The molecule has 0 spiro atoms. The van der Waals surface area contributed by atoms with Crippen LogP contribution in [0.25, 0.3) is 22.2 Å². The van der Waals surface area contributed by atoms with E-state index < -0.39 is 5.54 Å². The van der Waals surface area contributed by atoms with Crippen molar-refractivity contribution >= 4 is 16.6 Å². The number of hydrogen-bond acceptors (Lipinski definition) is 3. The minimum absolute atomic E-state index is 0.110. The average Bonchev–Trinajstić information content (AvgIpc) is 3.34. The zero-order chi connectivity index (χ0) is 26.8. The molecular formula is C35H31N3O. The molecule has 39 heavy (non-hydrogen) atoms. The van der Waals surface area contributed by atoms with E-state index in [9.17, 15) is 0 Å². The Morgan fingerprint density at radius 1 is 0.667 bits per heavy atom. The van der Waals surface area contributed by atoms with E-state index in [1.807, 2.05) is 38.1 Å². The van der Waals surface area contributed by atoms with Gasteiger partial charge in [-0.1, -0.05) is 91.0 Å². The summed E-state index contributed by atoms with van der Waals surface area (Å²) in [4.78, 5) is 0. The van der Waals surface area contributed by atoms with Crippen molar-refractivity contribution in [2.45, 2.75) is 25.5 Å². The average molecular weight is 510 g/mol. The molecule has 0 bridgehead atoms. The van der Waals surface area contributed by atoms with Crippen molar-refractivity contribution in [2.75, 3.05) is 5.73 Å². The standard InChI is InChI=1S/C35H31N3O/c1-25(2)39-31-21-18-26(19-22-31)34-32-24-30(36)20-23-33(32)38(37-34)35(27-12-6-3-7-13-27,28-14-8-4-9-15-28)29-16-10-5-11-17-29/h3-25H,36H2,1-2H3. The molecule has 1 aromatic heterocycles. The van der Waals surface area contributed by atoms with Gasteiger partial charge in [0.2, 0.25) is 0 Å². The fourth-order valence-electron chi connectivity index (χ4n) is 5.47.